The Morgan fingerprint density at radius 1 is 1.54 bits per heavy atom. The van der Waals surface area contributed by atoms with E-state index in [9.17, 15) is 9.59 Å². The molecule has 13 heavy (non-hydrogen) atoms. The van der Waals surface area contributed by atoms with Gasteiger partial charge in [0.1, 0.15) is 5.78 Å². The third-order valence-electron chi connectivity index (χ3n) is 2.30. The Bertz CT molecular complexity index is 215. The van der Waals surface area contributed by atoms with E-state index in [1.54, 1.807) is 0 Å². The van der Waals surface area contributed by atoms with E-state index in [-0.39, 0.29) is 11.7 Å². The third-order valence-corrected chi connectivity index (χ3v) is 2.30. The van der Waals surface area contributed by atoms with Crippen molar-refractivity contribution >= 4 is 11.8 Å². The average molecular weight is 185 g/mol. The lowest BCUT2D eigenvalue weighted by atomic mass is 9.98. The number of hydrogen-bond acceptors (Lipinski definition) is 3. The molecule has 1 aliphatic rings. The maximum atomic E-state index is 10.8. The van der Waals surface area contributed by atoms with Crippen LogP contribution in [-0.4, -0.2) is 41.4 Å². The van der Waals surface area contributed by atoms with E-state index in [1.807, 2.05) is 4.90 Å². The molecular formula is C9H15NO3. The standard InChI is InChI=1S/C9H15NO3/c1-7(11)5-10-4-2-3-8(6-10)9(12)13/h8H,2-6H2,1H3,(H,12,13)/t8-/m0/s1. The molecule has 0 amide bonds. The summed E-state index contributed by atoms with van der Waals surface area (Å²) in [6, 6.07) is 0. The fourth-order valence-electron chi connectivity index (χ4n) is 1.72. The largest absolute Gasteiger partial charge is 0.481 e. The second kappa shape index (κ2) is 4.37. The van der Waals surface area contributed by atoms with Crippen LogP contribution >= 0.6 is 0 Å². The summed E-state index contributed by atoms with van der Waals surface area (Å²) in [5.74, 6) is -0.924. The van der Waals surface area contributed by atoms with Gasteiger partial charge in [0.05, 0.1) is 12.5 Å². The van der Waals surface area contributed by atoms with Gasteiger partial charge in [0.2, 0.25) is 0 Å². The molecule has 1 aliphatic heterocycles. The fraction of sp³-hybridized carbons (Fsp3) is 0.778. The smallest absolute Gasteiger partial charge is 0.307 e. The van der Waals surface area contributed by atoms with Crippen molar-refractivity contribution in [2.45, 2.75) is 19.8 Å². The molecule has 1 saturated heterocycles. The van der Waals surface area contributed by atoms with Gasteiger partial charge in [-0.3, -0.25) is 14.5 Å². The average Bonchev–Trinajstić information content (AvgIpc) is 2.03. The van der Waals surface area contributed by atoms with E-state index in [1.165, 1.54) is 6.92 Å². The van der Waals surface area contributed by atoms with Crippen molar-refractivity contribution in [3.05, 3.63) is 0 Å². The van der Waals surface area contributed by atoms with Gasteiger partial charge in [-0.15, -0.1) is 0 Å². The molecule has 0 saturated carbocycles. The third kappa shape index (κ3) is 3.14. The molecular weight excluding hydrogens is 170 g/mol. The number of carboxylic acid groups (broad SMARTS) is 1. The lowest BCUT2D eigenvalue weighted by Crippen LogP contribution is -2.40. The highest BCUT2D eigenvalue weighted by Gasteiger charge is 2.25. The molecule has 4 nitrogen and oxygen atoms in total. The van der Waals surface area contributed by atoms with Gasteiger partial charge in [-0.05, 0) is 26.3 Å². The monoisotopic (exact) mass is 185 g/mol. The number of carbonyl (C=O) groups is 2. The Kier molecular flexibility index (Phi) is 3.42. The van der Waals surface area contributed by atoms with Gasteiger partial charge >= 0.3 is 5.97 Å². The highest BCUT2D eigenvalue weighted by Crippen LogP contribution is 2.15. The lowest BCUT2D eigenvalue weighted by molar-refractivity contribution is -0.144. The summed E-state index contributed by atoms with van der Waals surface area (Å²) < 4.78 is 0. The predicted molar refractivity (Wildman–Crippen MR) is 47.5 cm³/mol. The van der Waals surface area contributed by atoms with Crippen LogP contribution in [0.4, 0.5) is 0 Å². The normalized spacial score (nSPS) is 24.2. The molecule has 4 heteroatoms. The number of ketones is 1. The van der Waals surface area contributed by atoms with Crippen LogP contribution in [0.15, 0.2) is 0 Å². The summed E-state index contributed by atoms with van der Waals surface area (Å²) in [5, 5.41) is 8.78. The first-order valence-corrected chi connectivity index (χ1v) is 4.54. The van der Waals surface area contributed by atoms with Crippen molar-refractivity contribution in [3.8, 4) is 0 Å². The van der Waals surface area contributed by atoms with Crippen LogP contribution in [0, 0.1) is 5.92 Å². The first kappa shape index (κ1) is 10.2. The van der Waals surface area contributed by atoms with Gasteiger partial charge in [0, 0.05) is 6.54 Å². The second-order valence-electron chi connectivity index (χ2n) is 3.61. The molecule has 0 unspecified atom stereocenters. The van der Waals surface area contributed by atoms with Gasteiger partial charge in [-0.2, -0.15) is 0 Å². The quantitative estimate of drug-likeness (QED) is 0.690. The molecule has 0 aliphatic carbocycles. The first-order valence-electron chi connectivity index (χ1n) is 4.54. The Morgan fingerprint density at radius 3 is 2.77 bits per heavy atom. The molecule has 1 N–H and O–H groups in total. The Balaban J connectivity index is 2.41. The van der Waals surface area contributed by atoms with Gasteiger partial charge in [-0.1, -0.05) is 0 Å². The first-order chi connectivity index (χ1) is 6.09. The topological polar surface area (TPSA) is 57.6 Å². The van der Waals surface area contributed by atoms with Crippen LogP contribution in [0.3, 0.4) is 0 Å². The SMILES string of the molecule is CC(=O)CN1CCC[C@H](C(=O)O)C1. The van der Waals surface area contributed by atoms with Crippen LogP contribution in [0.5, 0.6) is 0 Å². The summed E-state index contributed by atoms with van der Waals surface area (Å²) in [5.41, 5.74) is 0. The molecule has 1 heterocycles. The zero-order valence-electron chi connectivity index (χ0n) is 7.82. The molecule has 0 aromatic carbocycles. The molecule has 0 spiro atoms. The van der Waals surface area contributed by atoms with Crippen molar-refractivity contribution in [1.29, 1.82) is 0 Å². The van der Waals surface area contributed by atoms with Crippen molar-refractivity contribution in [2.24, 2.45) is 5.92 Å². The summed E-state index contributed by atoms with van der Waals surface area (Å²) >= 11 is 0. The Labute approximate surface area is 77.5 Å². The molecule has 0 aromatic rings. The molecule has 1 fully saturated rings. The lowest BCUT2D eigenvalue weighted by Gasteiger charge is -2.29. The molecule has 0 radical (unpaired) electrons. The minimum absolute atomic E-state index is 0.103. The highest BCUT2D eigenvalue weighted by molar-refractivity contribution is 5.77. The fourth-order valence-corrected chi connectivity index (χ4v) is 1.72. The maximum Gasteiger partial charge on any atom is 0.307 e. The van der Waals surface area contributed by atoms with E-state index in [0.29, 0.717) is 13.1 Å². The van der Waals surface area contributed by atoms with Gasteiger partial charge in [-0.25, -0.2) is 0 Å². The van der Waals surface area contributed by atoms with Crippen LogP contribution in [0.1, 0.15) is 19.8 Å². The van der Waals surface area contributed by atoms with E-state index < -0.39 is 5.97 Å². The number of rotatable bonds is 3. The van der Waals surface area contributed by atoms with E-state index in [2.05, 4.69) is 0 Å². The zero-order valence-corrected chi connectivity index (χ0v) is 7.82. The number of carboxylic acids is 1. The number of aliphatic carboxylic acids is 1. The highest BCUT2D eigenvalue weighted by atomic mass is 16.4. The minimum atomic E-state index is -0.742. The van der Waals surface area contributed by atoms with Crippen molar-refractivity contribution in [1.82, 2.24) is 4.90 Å². The number of likely N-dealkylation sites (tertiary alicyclic amines) is 1. The summed E-state index contributed by atoms with van der Waals surface area (Å²) in [6.07, 6.45) is 1.62. The van der Waals surface area contributed by atoms with E-state index in [0.717, 1.165) is 19.4 Å². The summed E-state index contributed by atoms with van der Waals surface area (Å²) in [4.78, 5) is 23.4. The second-order valence-corrected chi connectivity index (χ2v) is 3.61. The molecule has 0 aromatic heterocycles. The molecule has 1 atom stereocenters. The summed E-state index contributed by atoms with van der Waals surface area (Å²) in [7, 11) is 0. The number of nitrogens with zero attached hydrogens (tertiary/aromatic N) is 1. The van der Waals surface area contributed by atoms with Gasteiger partial charge in [0.25, 0.3) is 0 Å². The molecule has 0 bridgehead atoms. The Morgan fingerprint density at radius 2 is 2.23 bits per heavy atom. The van der Waals surface area contributed by atoms with Crippen LogP contribution in [0.2, 0.25) is 0 Å². The molecule has 1 rings (SSSR count). The number of piperidine rings is 1. The van der Waals surface area contributed by atoms with Crippen molar-refractivity contribution < 1.29 is 14.7 Å². The number of Topliss-reactive ketones (excluding diaryl/α,β-unsaturated/α-hetero) is 1. The molecule has 74 valence electrons. The maximum absolute atomic E-state index is 10.8. The number of hydrogen-bond donors (Lipinski definition) is 1. The van der Waals surface area contributed by atoms with Crippen LogP contribution < -0.4 is 0 Å². The number of carbonyl (C=O) groups excluding carboxylic acids is 1. The van der Waals surface area contributed by atoms with Crippen molar-refractivity contribution in [2.75, 3.05) is 19.6 Å². The van der Waals surface area contributed by atoms with Crippen molar-refractivity contribution in [3.63, 3.8) is 0 Å². The van der Waals surface area contributed by atoms with Gasteiger partial charge < -0.3 is 5.11 Å². The van der Waals surface area contributed by atoms with E-state index in [4.69, 9.17) is 5.11 Å². The summed E-state index contributed by atoms with van der Waals surface area (Å²) in [6.45, 7) is 3.30. The van der Waals surface area contributed by atoms with Crippen LogP contribution in [-0.2, 0) is 9.59 Å². The zero-order chi connectivity index (χ0) is 9.84. The Hall–Kier alpha value is -0.900. The van der Waals surface area contributed by atoms with Crippen LogP contribution in [0.25, 0.3) is 0 Å². The predicted octanol–water partition coefficient (Wildman–Crippen LogP) is 0.372. The minimum Gasteiger partial charge on any atom is -0.481 e. The van der Waals surface area contributed by atoms with Gasteiger partial charge in [0.15, 0.2) is 0 Å². The van der Waals surface area contributed by atoms with E-state index >= 15 is 0 Å².